The van der Waals surface area contributed by atoms with Crippen molar-refractivity contribution in [2.45, 2.75) is 52.1 Å². The van der Waals surface area contributed by atoms with Gasteiger partial charge >= 0.3 is 0 Å². The molecule has 0 radical (unpaired) electrons. The zero-order chi connectivity index (χ0) is 11.5. The lowest BCUT2D eigenvalue weighted by Gasteiger charge is -2.34. The summed E-state index contributed by atoms with van der Waals surface area (Å²) in [5.74, 6) is 0.658. The lowest BCUT2D eigenvalue weighted by Crippen LogP contribution is -2.46. The van der Waals surface area contributed by atoms with Crippen LogP contribution in [0.2, 0.25) is 0 Å². The zero-order valence-electron chi connectivity index (χ0n) is 10.1. The molecule has 1 aliphatic rings. The maximum atomic E-state index is 11.6. The van der Waals surface area contributed by atoms with E-state index < -0.39 is 5.60 Å². The first kappa shape index (κ1) is 12.5. The van der Waals surface area contributed by atoms with Crippen molar-refractivity contribution in [1.29, 1.82) is 0 Å². The molecule has 1 heterocycles. The predicted molar refractivity (Wildman–Crippen MR) is 60.5 cm³/mol. The molecule has 1 N–H and O–H groups in total. The van der Waals surface area contributed by atoms with Gasteiger partial charge in [-0.15, -0.1) is 0 Å². The molecule has 15 heavy (non-hydrogen) atoms. The molecule has 88 valence electrons. The van der Waals surface area contributed by atoms with Crippen molar-refractivity contribution in [2.75, 3.05) is 13.1 Å². The second kappa shape index (κ2) is 4.97. The maximum absolute atomic E-state index is 11.6. The molecule has 1 saturated heterocycles. The van der Waals surface area contributed by atoms with Crippen LogP contribution in [-0.4, -0.2) is 34.6 Å². The van der Waals surface area contributed by atoms with E-state index in [1.54, 1.807) is 0 Å². The van der Waals surface area contributed by atoms with Crippen molar-refractivity contribution in [3.05, 3.63) is 0 Å². The van der Waals surface area contributed by atoms with Gasteiger partial charge in [0.05, 0.1) is 5.60 Å². The number of carbonyl (C=O) groups is 1. The molecule has 3 heteroatoms. The Bertz CT molecular complexity index is 224. The maximum Gasteiger partial charge on any atom is 0.222 e. The Hall–Kier alpha value is -0.570. The summed E-state index contributed by atoms with van der Waals surface area (Å²) in [6.07, 6.45) is 3.47. The molecular formula is C12H23NO2. The Labute approximate surface area is 92.5 Å². The van der Waals surface area contributed by atoms with Crippen molar-refractivity contribution in [3.63, 3.8) is 0 Å². The third-order valence-electron chi connectivity index (χ3n) is 2.80. The number of rotatable bonds is 4. The summed E-state index contributed by atoms with van der Waals surface area (Å²) >= 11 is 0. The first-order valence-electron chi connectivity index (χ1n) is 5.91. The van der Waals surface area contributed by atoms with Gasteiger partial charge in [0.15, 0.2) is 0 Å². The zero-order valence-corrected chi connectivity index (χ0v) is 10.1. The van der Waals surface area contributed by atoms with Crippen LogP contribution in [0.25, 0.3) is 0 Å². The Balaban J connectivity index is 2.47. The number of carbonyl (C=O) groups excluding carboxylic acids is 1. The van der Waals surface area contributed by atoms with Crippen LogP contribution in [0.4, 0.5) is 0 Å². The summed E-state index contributed by atoms with van der Waals surface area (Å²) in [5, 5.41) is 10.2. The van der Waals surface area contributed by atoms with Gasteiger partial charge in [-0.3, -0.25) is 4.79 Å². The predicted octanol–water partition coefficient (Wildman–Crippen LogP) is 1.80. The number of amides is 1. The molecule has 0 saturated carbocycles. The Morgan fingerprint density at radius 3 is 2.67 bits per heavy atom. The van der Waals surface area contributed by atoms with Gasteiger partial charge in [0.1, 0.15) is 0 Å². The third kappa shape index (κ3) is 4.20. The highest BCUT2D eigenvalue weighted by Gasteiger charge is 2.28. The number of hydrogen-bond acceptors (Lipinski definition) is 2. The fraction of sp³-hybridized carbons (Fsp3) is 0.917. The van der Waals surface area contributed by atoms with Crippen molar-refractivity contribution in [3.8, 4) is 0 Å². The number of β-amino-alcohol motifs (C(OH)–C–C–N with tert-alkyl or cyclic N) is 1. The summed E-state index contributed by atoms with van der Waals surface area (Å²) in [4.78, 5) is 13.4. The topological polar surface area (TPSA) is 40.5 Å². The van der Waals surface area contributed by atoms with E-state index in [1.165, 1.54) is 0 Å². The van der Waals surface area contributed by atoms with E-state index in [-0.39, 0.29) is 5.91 Å². The highest BCUT2D eigenvalue weighted by atomic mass is 16.3. The number of nitrogens with zero attached hydrogens (tertiary/aromatic N) is 1. The average molecular weight is 213 g/mol. The van der Waals surface area contributed by atoms with Crippen molar-refractivity contribution in [1.82, 2.24) is 4.90 Å². The van der Waals surface area contributed by atoms with E-state index in [0.29, 0.717) is 18.9 Å². The van der Waals surface area contributed by atoms with Gasteiger partial charge in [0.25, 0.3) is 0 Å². The molecule has 1 aliphatic heterocycles. The van der Waals surface area contributed by atoms with Gasteiger partial charge in [-0.05, 0) is 32.1 Å². The SMILES string of the molecule is CC(C)CC(C)(O)CN1CCCCC1=O. The van der Waals surface area contributed by atoms with E-state index in [0.717, 1.165) is 25.8 Å². The molecule has 0 aromatic rings. The first-order chi connectivity index (χ1) is 6.91. The normalized spacial score (nSPS) is 21.9. The Morgan fingerprint density at radius 2 is 2.13 bits per heavy atom. The van der Waals surface area contributed by atoms with Crippen LogP contribution >= 0.6 is 0 Å². The molecule has 1 atom stereocenters. The Kier molecular flexibility index (Phi) is 4.14. The summed E-state index contributed by atoms with van der Waals surface area (Å²) in [7, 11) is 0. The lowest BCUT2D eigenvalue weighted by atomic mass is 9.93. The molecule has 0 bridgehead atoms. The molecule has 0 spiro atoms. The third-order valence-corrected chi connectivity index (χ3v) is 2.80. The van der Waals surface area contributed by atoms with Crippen LogP contribution in [0.15, 0.2) is 0 Å². The number of likely N-dealkylation sites (tertiary alicyclic amines) is 1. The van der Waals surface area contributed by atoms with E-state index >= 15 is 0 Å². The molecule has 0 aromatic heterocycles. The van der Waals surface area contributed by atoms with E-state index in [2.05, 4.69) is 13.8 Å². The average Bonchev–Trinajstić information content (AvgIpc) is 2.06. The second-order valence-electron chi connectivity index (χ2n) is 5.37. The summed E-state index contributed by atoms with van der Waals surface area (Å²) < 4.78 is 0. The van der Waals surface area contributed by atoms with Crippen LogP contribution in [0.1, 0.15) is 46.5 Å². The van der Waals surface area contributed by atoms with Crippen LogP contribution in [0, 0.1) is 5.92 Å². The van der Waals surface area contributed by atoms with Gasteiger partial charge in [-0.1, -0.05) is 13.8 Å². The fourth-order valence-corrected chi connectivity index (χ4v) is 2.38. The largest absolute Gasteiger partial charge is 0.388 e. The van der Waals surface area contributed by atoms with Gasteiger partial charge in [-0.2, -0.15) is 0 Å². The molecule has 1 amide bonds. The quantitative estimate of drug-likeness (QED) is 0.773. The highest BCUT2D eigenvalue weighted by molar-refractivity contribution is 5.76. The van der Waals surface area contributed by atoms with Gasteiger partial charge < -0.3 is 10.0 Å². The smallest absolute Gasteiger partial charge is 0.222 e. The molecule has 0 aliphatic carbocycles. The summed E-state index contributed by atoms with van der Waals surface area (Å²) in [6.45, 7) is 7.31. The minimum Gasteiger partial charge on any atom is -0.388 e. The monoisotopic (exact) mass is 213 g/mol. The fourth-order valence-electron chi connectivity index (χ4n) is 2.38. The van der Waals surface area contributed by atoms with Crippen LogP contribution in [0.5, 0.6) is 0 Å². The standard InChI is InChI=1S/C12H23NO2/c1-10(2)8-12(3,15)9-13-7-5-4-6-11(13)14/h10,15H,4-9H2,1-3H3. The van der Waals surface area contributed by atoms with Crippen molar-refractivity contribution in [2.24, 2.45) is 5.92 Å². The molecule has 1 unspecified atom stereocenters. The second-order valence-corrected chi connectivity index (χ2v) is 5.37. The van der Waals surface area contributed by atoms with E-state index in [1.807, 2.05) is 11.8 Å². The summed E-state index contributed by atoms with van der Waals surface area (Å²) in [6, 6.07) is 0. The van der Waals surface area contributed by atoms with E-state index in [4.69, 9.17) is 0 Å². The minimum atomic E-state index is -0.735. The number of aliphatic hydroxyl groups is 1. The highest BCUT2D eigenvalue weighted by Crippen LogP contribution is 2.20. The number of hydrogen-bond donors (Lipinski definition) is 1. The first-order valence-corrected chi connectivity index (χ1v) is 5.91. The molecule has 1 rings (SSSR count). The summed E-state index contributed by atoms with van der Waals surface area (Å²) in [5.41, 5.74) is -0.735. The van der Waals surface area contributed by atoms with Gasteiger partial charge in [0.2, 0.25) is 5.91 Å². The molecule has 1 fully saturated rings. The molecule has 0 aromatic carbocycles. The van der Waals surface area contributed by atoms with Crippen LogP contribution < -0.4 is 0 Å². The van der Waals surface area contributed by atoms with Crippen LogP contribution in [0.3, 0.4) is 0 Å². The van der Waals surface area contributed by atoms with Gasteiger partial charge in [-0.25, -0.2) is 0 Å². The van der Waals surface area contributed by atoms with Crippen LogP contribution in [-0.2, 0) is 4.79 Å². The Morgan fingerprint density at radius 1 is 1.47 bits per heavy atom. The molecule has 3 nitrogen and oxygen atoms in total. The van der Waals surface area contributed by atoms with E-state index in [9.17, 15) is 9.90 Å². The number of piperidine rings is 1. The minimum absolute atomic E-state index is 0.199. The molecular weight excluding hydrogens is 190 g/mol. The van der Waals surface area contributed by atoms with Gasteiger partial charge in [0, 0.05) is 19.5 Å². The van der Waals surface area contributed by atoms with Crippen molar-refractivity contribution < 1.29 is 9.90 Å². The van der Waals surface area contributed by atoms with Crippen molar-refractivity contribution >= 4 is 5.91 Å². The lowest BCUT2D eigenvalue weighted by molar-refractivity contribution is -0.137.